The van der Waals surface area contributed by atoms with Gasteiger partial charge in [0.05, 0.1) is 25.4 Å². The Morgan fingerprint density at radius 3 is 1.04 bits per heavy atom. The van der Waals surface area contributed by atoms with E-state index in [-0.39, 0.29) is 18.5 Å². The van der Waals surface area contributed by atoms with Crippen molar-refractivity contribution in [2.45, 2.75) is 373 Å². The first-order valence-electron chi connectivity index (χ1n) is 33.2. The van der Waals surface area contributed by atoms with Gasteiger partial charge < -0.3 is 20.3 Å². The van der Waals surface area contributed by atoms with Crippen molar-refractivity contribution in [3.8, 4) is 0 Å². The molecule has 0 saturated carbocycles. The summed E-state index contributed by atoms with van der Waals surface area (Å²) in [7, 11) is 0. The van der Waals surface area contributed by atoms with Gasteiger partial charge in [-0.15, -0.1) is 0 Å². The quantitative estimate of drug-likeness (QED) is 0.0320. The van der Waals surface area contributed by atoms with Gasteiger partial charge in [0.1, 0.15) is 0 Å². The molecule has 6 nitrogen and oxygen atoms in total. The van der Waals surface area contributed by atoms with Gasteiger partial charge in [-0.25, -0.2) is 0 Å². The zero-order chi connectivity index (χ0) is 53.6. The van der Waals surface area contributed by atoms with E-state index in [4.69, 9.17) is 4.74 Å². The molecular weight excluding hydrogens is 911 g/mol. The number of esters is 1. The molecule has 0 aliphatic heterocycles. The second-order valence-electron chi connectivity index (χ2n) is 22.8. The molecule has 0 fully saturated rings. The molecule has 6 heteroatoms. The number of unbranched alkanes of at least 4 members (excludes halogenated alkanes) is 45. The number of rotatable bonds is 62. The van der Waals surface area contributed by atoms with E-state index in [1.807, 2.05) is 0 Å². The molecule has 2 unspecified atom stereocenters. The Kier molecular flexibility index (Phi) is 62.0. The fourth-order valence-electron chi connectivity index (χ4n) is 10.3. The number of carbonyl (C=O) groups is 2. The predicted molar refractivity (Wildman–Crippen MR) is 324 cm³/mol. The number of allylic oxidation sites excluding steroid dienone is 6. The molecule has 0 aromatic carbocycles. The van der Waals surface area contributed by atoms with Crippen molar-refractivity contribution in [2.24, 2.45) is 0 Å². The van der Waals surface area contributed by atoms with Gasteiger partial charge in [0.2, 0.25) is 5.91 Å². The number of nitrogens with one attached hydrogen (secondary N) is 1. The van der Waals surface area contributed by atoms with Crippen molar-refractivity contribution in [3.63, 3.8) is 0 Å². The van der Waals surface area contributed by atoms with E-state index >= 15 is 0 Å². The van der Waals surface area contributed by atoms with E-state index in [0.717, 1.165) is 51.4 Å². The van der Waals surface area contributed by atoms with Crippen LogP contribution in [-0.4, -0.2) is 47.4 Å². The molecule has 0 rings (SSSR count). The highest BCUT2D eigenvalue weighted by Gasteiger charge is 2.20. The molecule has 0 aromatic rings. The molecule has 0 aliphatic rings. The molecule has 74 heavy (non-hydrogen) atoms. The van der Waals surface area contributed by atoms with Crippen molar-refractivity contribution in [3.05, 3.63) is 36.5 Å². The summed E-state index contributed by atoms with van der Waals surface area (Å²) in [5.41, 5.74) is 0. The van der Waals surface area contributed by atoms with Crippen LogP contribution in [0.5, 0.6) is 0 Å². The fraction of sp³-hybridized carbons (Fsp3) is 0.882. The van der Waals surface area contributed by atoms with Crippen LogP contribution in [0.1, 0.15) is 361 Å². The maximum atomic E-state index is 12.5. The molecular formula is C68H129NO5. The van der Waals surface area contributed by atoms with Gasteiger partial charge in [-0.05, 0) is 83.5 Å². The number of aliphatic hydroxyl groups is 2. The average Bonchev–Trinajstić information content (AvgIpc) is 3.40. The molecule has 0 spiro atoms. The Morgan fingerprint density at radius 1 is 0.378 bits per heavy atom. The van der Waals surface area contributed by atoms with Crippen LogP contribution in [0, 0.1) is 0 Å². The monoisotopic (exact) mass is 1040 g/mol. The third-order valence-electron chi connectivity index (χ3n) is 15.4. The Balaban J connectivity index is 3.41. The summed E-state index contributed by atoms with van der Waals surface area (Å²) in [5.74, 6) is -0.0314. The van der Waals surface area contributed by atoms with Crippen LogP contribution in [-0.2, 0) is 14.3 Å². The number of carbonyl (C=O) groups excluding carboxylic acids is 2. The van der Waals surface area contributed by atoms with E-state index in [9.17, 15) is 19.8 Å². The first-order valence-corrected chi connectivity index (χ1v) is 33.2. The zero-order valence-corrected chi connectivity index (χ0v) is 49.8. The van der Waals surface area contributed by atoms with E-state index < -0.39 is 12.1 Å². The Morgan fingerprint density at radius 2 is 0.676 bits per heavy atom. The number of hydrogen-bond donors (Lipinski definition) is 3. The minimum atomic E-state index is -0.668. The molecule has 0 radical (unpaired) electrons. The summed E-state index contributed by atoms with van der Waals surface area (Å²) in [5, 5.41) is 23.3. The SMILES string of the molecule is CCCCCCCC/C=C\CCCCCCCCCCCC(=O)OCCCCCCCCCCC/C=C\C/C=C\CCCCCCCCCCCC(=O)NC(CO)C(O)CCCCCCCCCCCCCCC. The third kappa shape index (κ3) is 59.3. The molecule has 0 saturated heterocycles. The van der Waals surface area contributed by atoms with Crippen LogP contribution in [0.25, 0.3) is 0 Å². The standard InChI is InChI=1S/C68H129NO5/c1-3-5-7-9-11-13-15-17-18-19-27-31-34-38-42-46-50-54-58-62-68(73)74-63-59-55-51-47-43-39-35-32-29-26-24-22-20-21-23-25-28-30-33-37-41-45-49-53-57-61-67(72)69-65(64-70)66(71)60-56-52-48-44-40-36-16-14-12-10-8-6-4-2/h17-18,21-24,65-66,70-71H,3-16,19-20,25-64H2,1-2H3,(H,69,72)/b18-17-,23-21-,24-22-. The number of hydrogen-bond acceptors (Lipinski definition) is 5. The normalized spacial score (nSPS) is 12.8. The van der Waals surface area contributed by atoms with Gasteiger partial charge in [0, 0.05) is 12.8 Å². The summed E-state index contributed by atoms with van der Waals surface area (Å²) in [6.45, 7) is 4.96. The fourth-order valence-corrected chi connectivity index (χ4v) is 10.3. The zero-order valence-electron chi connectivity index (χ0n) is 49.8. The van der Waals surface area contributed by atoms with E-state index in [0.29, 0.717) is 25.9 Å². The number of aliphatic hydroxyl groups excluding tert-OH is 2. The Bertz CT molecular complexity index is 1200. The van der Waals surface area contributed by atoms with Gasteiger partial charge in [-0.3, -0.25) is 9.59 Å². The van der Waals surface area contributed by atoms with Crippen molar-refractivity contribution in [2.75, 3.05) is 13.2 Å². The van der Waals surface area contributed by atoms with Crippen LogP contribution >= 0.6 is 0 Å². The highest BCUT2D eigenvalue weighted by molar-refractivity contribution is 5.76. The van der Waals surface area contributed by atoms with Crippen LogP contribution in [0.15, 0.2) is 36.5 Å². The van der Waals surface area contributed by atoms with Crippen molar-refractivity contribution in [1.82, 2.24) is 5.32 Å². The van der Waals surface area contributed by atoms with Gasteiger partial charge in [0.15, 0.2) is 0 Å². The van der Waals surface area contributed by atoms with Gasteiger partial charge in [0.25, 0.3) is 0 Å². The van der Waals surface area contributed by atoms with Crippen LogP contribution in [0.2, 0.25) is 0 Å². The molecule has 1 amide bonds. The molecule has 436 valence electrons. The largest absolute Gasteiger partial charge is 0.466 e. The molecule has 0 aromatic heterocycles. The lowest BCUT2D eigenvalue weighted by Gasteiger charge is -2.22. The third-order valence-corrected chi connectivity index (χ3v) is 15.4. The smallest absolute Gasteiger partial charge is 0.305 e. The van der Waals surface area contributed by atoms with Gasteiger partial charge in [-0.2, -0.15) is 0 Å². The second-order valence-corrected chi connectivity index (χ2v) is 22.8. The summed E-state index contributed by atoms with van der Waals surface area (Å²) >= 11 is 0. The van der Waals surface area contributed by atoms with Crippen LogP contribution in [0.3, 0.4) is 0 Å². The molecule has 0 heterocycles. The Labute approximate surface area is 462 Å². The second kappa shape index (κ2) is 63.6. The summed E-state index contributed by atoms with van der Waals surface area (Å²) in [6.07, 6.45) is 80.3. The highest BCUT2D eigenvalue weighted by atomic mass is 16.5. The van der Waals surface area contributed by atoms with Crippen molar-refractivity contribution >= 4 is 11.9 Å². The summed E-state index contributed by atoms with van der Waals surface area (Å²) < 4.78 is 5.50. The highest BCUT2D eigenvalue weighted by Crippen LogP contribution is 2.18. The molecule has 0 bridgehead atoms. The van der Waals surface area contributed by atoms with E-state index in [1.165, 1.54) is 276 Å². The first-order chi connectivity index (χ1) is 36.5. The minimum absolute atomic E-state index is 0.00886. The Hall–Kier alpha value is -1.92. The number of ether oxygens (including phenoxy) is 1. The minimum Gasteiger partial charge on any atom is -0.466 e. The first kappa shape index (κ1) is 72.1. The van der Waals surface area contributed by atoms with E-state index in [2.05, 4.69) is 55.6 Å². The average molecular weight is 1040 g/mol. The van der Waals surface area contributed by atoms with Crippen molar-refractivity contribution in [1.29, 1.82) is 0 Å². The predicted octanol–water partition coefficient (Wildman–Crippen LogP) is 21.1. The van der Waals surface area contributed by atoms with Gasteiger partial charge in [-0.1, -0.05) is 301 Å². The maximum Gasteiger partial charge on any atom is 0.305 e. The van der Waals surface area contributed by atoms with E-state index in [1.54, 1.807) is 0 Å². The molecule has 0 aliphatic carbocycles. The van der Waals surface area contributed by atoms with Crippen LogP contribution in [0.4, 0.5) is 0 Å². The van der Waals surface area contributed by atoms with Crippen molar-refractivity contribution < 1.29 is 24.5 Å². The number of amides is 1. The summed E-state index contributed by atoms with van der Waals surface area (Å²) in [4.78, 5) is 24.6. The lowest BCUT2D eigenvalue weighted by Crippen LogP contribution is -2.45. The van der Waals surface area contributed by atoms with Gasteiger partial charge >= 0.3 is 5.97 Å². The maximum absolute atomic E-state index is 12.5. The molecule has 2 atom stereocenters. The van der Waals surface area contributed by atoms with Crippen LogP contribution < -0.4 is 5.32 Å². The summed E-state index contributed by atoms with van der Waals surface area (Å²) in [6, 6.07) is -0.546. The topological polar surface area (TPSA) is 95.9 Å². The lowest BCUT2D eigenvalue weighted by atomic mass is 10.0. The molecule has 3 N–H and O–H groups in total. The lowest BCUT2D eigenvalue weighted by molar-refractivity contribution is -0.143.